The van der Waals surface area contributed by atoms with Crippen molar-refractivity contribution in [3.63, 3.8) is 0 Å². The van der Waals surface area contributed by atoms with Crippen LogP contribution in [0.3, 0.4) is 0 Å². The quantitative estimate of drug-likeness (QED) is 0.731. The molecule has 0 saturated carbocycles. The third-order valence-corrected chi connectivity index (χ3v) is 3.73. The van der Waals surface area contributed by atoms with Crippen molar-refractivity contribution in [1.82, 2.24) is 10.6 Å². The zero-order valence-corrected chi connectivity index (χ0v) is 10.9. The van der Waals surface area contributed by atoms with Crippen LogP contribution in [-0.2, 0) is 0 Å². The Kier molecular flexibility index (Phi) is 5.07. The summed E-state index contributed by atoms with van der Waals surface area (Å²) in [5.41, 5.74) is 0.457. The van der Waals surface area contributed by atoms with Gasteiger partial charge in [0.2, 0.25) is 0 Å². The Labute approximate surface area is 95.2 Å². The molecule has 0 aromatic carbocycles. The Bertz CT molecular complexity index is 177. The van der Waals surface area contributed by atoms with Crippen molar-refractivity contribution in [2.24, 2.45) is 11.3 Å². The normalized spacial score (nSPS) is 28.0. The van der Waals surface area contributed by atoms with Crippen LogP contribution < -0.4 is 10.6 Å². The minimum absolute atomic E-state index is 0.457. The summed E-state index contributed by atoms with van der Waals surface area (Å²) in [5.74, 6) is 0.883. The lowest BCUT2D eigenvalue weighted by Crippen LogP contribution is -2.40. The van der Waals surface area contributed by atoms with Gasteiger partial charge in [-0.3, -0.25) is 0 Å². The van der Waals surface area contributed by atoms with Crippen molar-refractivity contribution in [3.8, 4) is 0 Å². The number of rotatable bonds is 5. The van der Waals surface area contributed by atoms with Crippen LogP contribution in [0.4, 0.5) is 0 Å². The lowest BCUT2D eigenvalue weighted by Gasteiger charge is -2.30. The predicted octanol–water partition coefficient (Wildman–Crippen LogP) is 2.40. The average Bonchev–Trinajstić information content (AvgIpc) is 2.18. The molecule has 2 heteroatoms. The smallest absolute Gasteiger partial charge is 0.00418 e. The van der Waals surface area contributed by atoms with E-state index in [0.717, 1.165) is 12.5 Å². The first-order chi connectivity index (χ1) is 7.03. The van der Waals surface area contributed by atoms with Crippen LogP contribution in [0.25, 0.3) is 0 Å². The monoisotopic (exact) mass is 212 g/mol. The maximum Gasteiger partial charge on any atom is 0.00418 e. The van der Waals surface area contributed by atoms with E-state index in [9.17, 15) is 0 Å². The van der Waals surface area contributed by atoms with E-state index in [1.165, 1.54) is 32.4 Å². The Morgan fingerprint density at radius 1 is 1.40 bits per heavy atom. The minimum Gasteiger partial charge on any atom is -0.316 e. The van der Waals surface area contributed by atoms with Crippen molar-refractivity contribution in [2.75, 3.05) is 19.6 Å². The predicted molar refractivity (Wildman–Crippen MR) is 67.1 cm³/mol. The molecule has 1 heterocycles. The molecule has 2 atom stereocenters. The summed E-state index contributed by atoms with van der Waals surface area (Å²) >= 11 is 0. The first-order valence-corrected chi connectivity index (χ1v) is 6.47. The summed E-state index contributed by atoms with van der Waals surface area (Å²) in [6.45, 7) is 12.8. The zero-order valence-electron chi connectivity index (χ0n) is 10.9. The molecular formula is C13H28N2. The van der Waals surface area contributed by atoms with Crippen LogP contribution in [0.15, 0.2) is 0 Å². The molecule has 2 N–H and O–H groups in total. The van der Waals surface area contributed by atoms with Gasteiger partial charge in [-0.15, -0.1) is 0 Å². The minimum atomic E-state index is 0.457. The molecule has 1 saturated heterocycles. The largest absolute Gasteiger partial charge is 0.316 e. The molecule has 0 aromatic heterocycles. The van der Waals surface area contributed by atoms with Gasteiger partial charge in [0, 0.05) is 12.6 Å². The molecule has 1 aliphatic rings. The van der Waals surface area contributed by atoms with Gasteiger partial charge in [0.1, 0.15) is 0 Å². The molecule has 2 nitrogen and oxygen atoms in total. The summed E-state index contributed by atoms with van der Waals surface area (Å²) in [7, 11) is 0. The Hall–Kier alpha value is -0.0800. The second-order valence-corrected chi connectivity index (χ2v) is 5.89. The number of hydrogen-bond donors (Lipinski definition) is 2. The van der Waals surface area contributed by atoms with Crippen molar-refractivity contribution in [1.29, 1.82) is 0 Å². The molecule has 90 valence electrons. The molecule has 2 unspecified atom stereocenters. The number of nitrogens with one attached hydrogen (secondary N) is 2. The third-order valence-electron chi connectivity index (χ3n) is 3.73. The first kappa shape index (κ1) is 13.0. The van der Waals surface area contributed by atoms with Crippen LogP contribution in [0, 0.1) is 11.3 Å². The van der Waals surface area contributed by atoms with Gasteiger partial charge in [-0.1, -0.05) is 20.8 Å². The number of hydrogen-bond acceptors (Lipinski definition) is 2. The van der Waals surface area contributed by atoms with Gasteiger partial charge in [0.15, 0.2) is 0 Å². The van der Waals surface area contributed by atoms with Gasteiger partial charge in [-0.25, -0.2) is 0 Å². The average molecular weight is 212 g/mol. The standard InChI is InChI=1S/C13H28N2/c1-5-13(3,4)10-14-9-12-6-7-15-11(2)8-12/h11-12,14-15H,5-10H2,1-4H3. The van der Waals surface area contributed by atoms with Crippen molar-refractivity contribution < 1.29 is 0 Å². The highest BCUT2D eigenvalue weighted by Crippen LogP contribution is 2.19. The van der Waals surface area contributed by atoms with Gasteiger partial charge in [-0.2, -0.15) is 0 Å². The van der Waals surface area contributed by atoms with E-state index in [1.54, 1.807) is 0 Å². The molecule has 1 rings (SSSR count). The maximum absolute atomic E-state index is 3.64. The Balaban J connectivity index is 2.14. The van der Waals surface area contributed by atoms with Crippen molar-refractivity contribution in [2.45, 2.75) is 53.0 Å². The highest BCUT2D eigenvalue weighted by molar-refractivity contribution is 4.78. The fourth-order valence-corrected chi connectivity index (χ4v) is 2.16. The van der Waals surface area contributed by atoms with Gasteiger partial charge < -0.3 is 10.6 Å². The molecule has 1 fully saturated rings. The number of piperidine rings is 1. The van der Waals surface area contributed by atoms with Crippen LogP contribution >= 0.6 is 0 Å². The lowest BCUT2D eigenvalue weighted by atomic mass is 9.89. The third kappa shape index (κ3) is 4.98. The molecule has 0 spiro atoms. The SMILES string of the molecule is CCC(C)(C)CNCC1CCNC(C)C1. The van der Waals surface area contributed by atoms with Crippen LogP contribution in [0.5, 0.6) is 0 Å². The van der Waals surface area contributed by atoms with Crippen molar-refractivity contribution >= 4 is 0 Å². The van der Waals surface area contributed by atoms with Crippen LogP contribution in [0.2, 0.25) is 0 Å². The van der Waals surface area contributed by atoms with E-state index in [-0.39, 0.29) is 0 Å². The zero-order chi connectivity index (χ0) is 11.3. The highest BCUT2D eigenvalue weighted by Gasteiger charge is 2.19. The molecule has 0 amide bonds. The van der Waals surface area contributed by atoms with Gasteiger partial charge in [0.05, 0.1) is 0 Å². The summed E-state index contributed by atoms with van der Waals surface area (Å²) < 4.78 is 0. The van der Waals surface area contributed by atoms with Crippen molar-refractivity contribution in [3.05, 3.63) is 0 Å². The van der Waals surface area contributed by atoms with Crippen LogP contribution in [-0.4, -0.2) is 25.7 Å². The van der Waals surface area contributed by atoms with E-state index in [4.69, 9.17) is 0 Å². The van der Waals surface area contributed by atoms with E-state index in [1.807, 2.05) is 0 Å². The second kappa shape index (κ2) is 5.86. The van der Waals surface area contributed by atoms with E-state index in [0.29, 0.717) is 11.5 Å². The van der Waals surface area contributed by atoms with Gasteiger partial charge in [-0.05, 0) is 50.6 Å². The van der Waals surface area contributed by atoms with Gasteiger partial charge in [0.25, 0.3) is 0 Å². The van der Waals surface area contributed by atoms with E-state index in [2.05, 4.69) is 38.3 Å². The lowest BCUT2D eigenvalue weighted by molar-refractivity contribution is 0.274. The second-order valence-electron chi connectivity index (χ2n) is 5.89. The van der Waals surface area contributed by atoms with E-state index < -0.39 is 0 Å². The summed E-state index contributed by atoms with van der Waals surface area (Å²) in [5, 5.41) is 7.14. The maximum atomic E-state index is 3.64. The fraction of sp³-hybridized carbons (Fsp3) is 1.00. The Morgan fingerprint density at radius 3 is 2.73 bits per heavy atom. The fourth-order valence-electron chi connectivity index (χ4n) is 2.16. The molecule has 1 aliphatic heterocycles. The highest BCUT2D eigenvalue weighted by atomic mass is 14.9. The van der Waals surface area contributed by atoms with Crippen LogP contribution in [0.1, 0.15) is 47.0 Å². The Morgan fingerprint density at radius 2 is 2.13 bits per heavy atom. The van der Waals surface area contributed by atoms with E-state index >= 15 is 0 Å². The molecule has 0 aromatic rings. The molecule has 15 heavy (non-hydrogen) atoms. The molecular weight excluding hydrogens is 184 g/mol. The summed E-state index contributed by atoms with van der Waals surface area (Å²) in [4.78, 5) is 0. The first-order valence-electron chi connectivity index (χ1n) is 6.47. The molecule has 0 radical (unpaired) electrons. The molecule has 0 aliphatic carbocycles. The summed E-state index contributed by atoms with van der Waals surface area (Å²) in [6.07, 6.45) is 3.92. The molecule has 0 bridgehead atoms. The summed E-state index contributed by atoms with van der Waals surface area (Å²) in [6, 6.07) is 0.713. The van der Waals surface area contributed by atoms with Gasteiger partial charge >= 0.3 is 0 Å². The topological polar surface area (TPSA) is 24.1 Å².